The standard InChI is InChI=1S/C29H24F3N7O/c1-17-6-7-20(11-26(17)38-28-34-10-8-25(37-28)21-5-4-9-33-15-21)27(40)36-23-12-22(29(30,31)32)13-24(14-23)39-16-18(2)35-19(39)3/h4-16H,1-3H3,(H,36,40)(H,34,37,38). The van der Waals surface area contributed by atoms with Crippen LogP contribution in [0.2, 0.25) is 0 Å². The molecule has 0 radical (unpaired) electrons. The van der Waals surface area contributed by atoms with E-state index >= 15 is 0 Å². The van der Waals surface area contributed by atoms with Crippen molar-refractivity contribution < 1.29 is 18.0 Å². The van der Waals surface area contributed by atoms with Gasteiger partial charge >= 0.3 is 6.18 Å². The first-order valence-corrected chi connectivity index (χ1v) is 12.2. The smallest absolute Gasteiger partial charge is 0.324 e. The number of nitrogens with zero attached hydrogens (tertiary/aromatic N) is 5. The van der Waals surface area contributed by atoms with Gasteiger partial charge in [0, 0.05) is 53.0 Å². The number of alkyl halides is 3. The van der Waals surface area contributed by atoms with Crippen LogP contribution in [-0.4, -0.2) is 30.4 Å². The van der Waals surface area contributed by atoms with Crippen molar-refractivity contribution in [2.75, 3.05) is 10.6 Å². The summed E-state index contributed by atoms with van der Waals surface area (Å²) in [5.41, 5.74) is 3.14. The number of anilines is 3. The molecule has 3 heterocycles. The number of pyridine rings is 1. The summed E-state index contributed by atoms with van der Waals surface area (Å²) in [6.45, 7) is 5.30. The maximum absolute atomic E-state index is 13.7. The quantitative estimate of drug-likeness (QED) is 0.248. The normalized spacial score (nSPS) is 11.3. The Morgan fingerprint density at radius 2 is 1.77 bits per heavy atom. The lowest BCUT2D eigenvalue weighted by Gasteiger charge is -2.15. The number of amides is 1. The molecule has 0 aliphatic carbocycles. The highest BCUT2D eigenvalue weighted by Crippen LogP contribution is 2.33. The number of nitrogens with one attached hydrogen (secondary N) is 2. The van der Waals surface area contributed by atoms with Crippen LogP contribution >= 0.6 is 0 Å². The van der Waals surface area contributed by atoms with Gasteiger partial charge in [0.15, 0.2) is 0 Å². The fourth-order valence-electron chi connectivity index (χ4n) is 4.18. The summed E-state index contributed by atoms with van der Waals surface area (Å²) < 4.78 is 42.7. The van der Waals surface area contributed by atoms with Crippen molar-refractivity contribution in [2.45, 2.75) is 26.9 Å². The van der Waals surface area contributed by atoms with E-state index in [1.807, 2.05) is 19.1 Å². The second-order valence-electron chi connectivity index (χ2n) is 9.18. The lowest BCUT2D eigenvalue weighted by molar-refractivity contribution is -0.137. The van der Waals surface area contributed by atoms with Crippen molar-refractivity contribution in [1.29, 1.82) is 0 Å². The van der Waals surface area contributed by atoms with E-state index < -0.39 is 17.6 Å². The molecule has 0 atom stereocenters. The Bertz CT molecular complexity index is 1700. The van der Waals surface area contributed by atoms with Gasteiger partial charge in [-0.1, -0.05) is 6.07 Å². The van der Waals surface area contributed by atoms with Crippen LogP contribution in [0.25, 0.3) is 16.9 Å². The molecule has 0 aliphatic rings. The number of aromatic nitrogens is 5. The number of rotatable bonds is 6. The highest BCUT2D eigenvalue weighted by Gasteiger charge is 2.32. The number of halogens is 3. The van der Waals surface area contributed by atoms with Gasteiger partial charge < -0.3 is 15.2 Å². The first-order valence-electron chi connectivity index (χ1n) is 12.2. The van der Waals surface area contributed by atoms with Gasteiger partial charge in [0.05, 0.1) is 17.0 Å². The van der Waals surface area contributed by atoms with Gasteiger partial charge in [-0.2, -0.15) is 13.2 Å². The molecular formula is C29H24F3N7O. The molecule has 2 N–H and O–H groups in total. The Labute approximate surface area is 228 Å². The molecule has 3 aromatic heterocycles. The number of carbonyl (C=O) groups excluding carboxylic acids is 1. The molecule has 0 aliphatic heterocycles. The van der Waals surface area contributed by atoms with E-state index in [0.717, 1.165) is 23.3 Å². The Balaban J connectivity index is 1.42. The van der Waals surface area contributed by atoms with Crippen molar-refractivity contribution in [3.05, 3.63) is 108 Å². The Hall–Kier alpha value is -5.06. The summed E-state index contributed by atoms with van der Waals surface area (Å²) in [6, 6.07) is 13.8. The molecule has 0 unspecified atom stereocenters. The van der Waals surface area contributed by atoms with E-state index in [1.165, 1.54) is 6.07 Å². The molecule has 8 nitrogen and oxygen atoms in total. The molecule has 5 aromatic rings. The van der Waals surface area contributed by atoms with Crippen LogP contribution in [0.4, 0.5) is 30.5 Å². The number of imidazole rings is 1. The number of aryl methyl sites for hydroxylation is 3. The Kier molecular flexibility index (Phi) is 7.03. The van der Waals surface area contributed by atoms with E-state index in [0.29, 0.717) is 28.8 Å². The van der Waals surface area contributed by atoms with Gasteiger partial charge in [-0.3, -0.25) is 9.78 Å². The third-order valence-corrected chi connectivity index (χ3v) is 6.14. The highest BCUT2D eigenvalue weighted by molar-refractivity contribution is 6.05. The molecule has 0 bridgehead atoms. The molecule has 0 spiro atoms. The topological polar surface area (TPSA) is 97.6 Å². The average Bonchev–Trinajstić information content (AvgIpc) is 3.27. The van der Waals surface area contributed by atoms with Crippen LogP contribution in [0.3, 0.4) is 0 Å². The lowest BCUT2D eigenvalue weighted by Crippen LogP contribution is -2.15. The molecule has 11 heteroatoms. The molecule has 5 rings (SSSR count). The maximum Gasteiger partial charge on any atom is 0.416 e. The fraction of sp³-hybridized carbons (Fsp3) is 0.138. The fourth-order valence-corrected chi connectivity index (χ4v) is 4.18. The van der Waals surface area contributed by atoms with Gasteiger partial charge in [0.2, 0.25) is 5.95 Å². The predicted octanol–water partition coefficient (Wildman–Crippen LogP) is 6.66. The third-order valence-electron chi connectivity index (χ3n) is 6.14. The first-order chi connectivity index (χ1) is 19.1. The van der Waals surface area contributed by atoms with Crippen molar-refractivity contribution >= 4 is 23.2 Å². The second kappa shape index (κ2) is 10.6. The van der Waals surface area contributed by atoms with Crippen LogP contribution in [0.15, 0.2) is 79.4 Å². The Morgan fingerprint density at radius 1 is 0.950 bits per heavy atom. The van der Waals surface area contributed by atoms with Crippen molar-refractivity contribution in [3.63, 3.8) is 0 Å². The van der Waals surface area contributed by atoms with Crippen LogP contribution in [0.5, 0.6) is 0 Å². The zero-order valence-corrected chi connectivity index (χ0v) is 21.8. The molecule has 0 fully saturated rings. The van der Waals surface area contributed by atoms with Crippen LogP contribution in [-0.2, 0) is 6.18 Å². The largest absolute Gasteiger partial charge is 0.416 e. The molecule has 202 valence electrons. The van der Waals surface area contributed by atoms with E-state index in [9.17, 15) is 18.0 Å². The summed E-state index contributed by atoms with van der Waals surface area (Å²) in [5.74, 6) is 0.269. The summed E-state index contributed by atoms with van der Waals surface area (Å²) >= 11 is 0. The SMILES string of the molecule is Cc1cn(-c2cc(NC(=O)c3ccc(C)c(Nc4nccc(-c5cccnc5)n4)c3)cc(C(F)(F)F)c2)c(C)n1. The van der Waals surface area contributed by atoms with Gasteiger partial charge in [0.1, 0.15) is 5.82 Å². The van der Waals surface area contributed by atoms with Crippen molar-refractivity contribution in [3.8, 4) is 16.9 Å². The Morgan fingerprint density at radius 3 is 2.48 bits per heavy atom. The van der Waals surface area contributed by atoms with Crippen molar-refractivity contribution in [2.24, 2.45) is 0 Å². The zero-order chi connectivity index (χ0) is 28.4. The van der Waals surface area contributed by atoms with Crippen LogP contribution < -0.4 is 10.6 Å². The molecule has 40 heavy (non-hydrogen) atoms. The summed E-state index contributed by atoms with van der Waals surface area (Å²) in [5, 5.41) is 5.74. The first kappa shape index (κ1) is 26.5. The van der Waals surface area contributed by atoms with Gasteiger partial charge in [-0.15, -0.1) is 0 Å². The number of benzene rings is 2. The molecular weight excluding hydrogens is 519 g/mol. The average molecular weight is 544 g/mol. The predicted molar refractivity (Wildman–Crippen MR) is 146 cm³/mol. The van der Waals surface area contributed by atoms with Crippen LogP contribution in [0.1, 0.15) is 33.0 Å². The number of hydrogen-bond donors (Lipinski definition) is 2. The van der Waals surface area contributed by atoms with Gasteiger partial charge in [0.25, 0.3) is 5.91 Å². The van der Waals surface area contributed by atoms with Crippen molar-refractivity contribution in [1.82, 2.24) is 24.5 Å². The van der Waals surface area contributed by atoms with Gasteiger partial charge in [-0.25, -0.2) is 15.0 Å². The van der Waals surface area contributed by atoms with E-state index in [1.54, 1.807) is 67.5 Å². The zero-order valence-electron chi connectivity index (χ0n) is 21.8. The van der Waals surface area contributed by atoms with Crippen LogP contribution in [0, 0.1) is 20.8 Å². The second-order valence-corrected chi connectivity index (χ2v) is 9.18. The minimum Gasteiger partial charge on any atom is -0.324 e. The molecule has 1 amide bonds. The monoisotopic (exact) mass is 543 g/mol. The third kappa shape index (κ3) is 5.83. The molecule has 0 saturated heterocycles. The van der Waals surface area contributed by atoms with E-state index in [2.05, 4.69) is 30.6 Å². The maximum atomic E-state index is 13.7. The summed E-state index contributed by atoms with van der Waals surface area (Å²) in [7, 11) is 0. The number of hydrogen-bond acceptors (Lipinski definition) is 6. The summed E-state index contributed by atoms with van der Waals surface area (Å²) in [6.07, 6.45) is 2.00. The summed E-state index contributed by atoms with van der Waals surface area (Å²) in [4.78, 5) is 30.3. The minimum absolute atomic E-state index is 0.00293. The highest BCUT2D eigenvalue weighted by atomic mass is 19.4. The lowest BCUT2D eigenvalue weighted by atomic mass is 10.1. The van der Waals surface area contributed by atoms with E-state index in [-0.39, 0.29) is 16.9 Å². The number of carbonyl (C=O) groups is 1. The van der Waals surface area contributed by atoms with E-state index in [4.69, 9.17) is 0 Å². The molecule has 0 saturated carbocycles. The molecule has 2 aromatic carbocycles. The van der Waals surface area contributed by atoms with Gasteiger partial charge in [-0.05, 0) is 74.9 Å². The minimum atomic E-state index is -4.61.